The number of carbonyl (C=O) groups excluding carboxylic acids is 2. The minimum Gasteiger partial charge on any atom is -0.480 e. The summed E-state index contributed by atoms with van der Waals surface area (Å²) in [7, 11) is -4.10. The molecule has 1 unspecified atom stereocenters. The standard InChI is InChI=1S/C17H23N3O6S/c1-12(17(23)24)20(11-9-18-13(2)21)27(25,26)15-7-5-14(6-8-15)19-10-3-4-16(19)22/h5-8,12H,3-4,9-11H2,1-2H3,(H,18,21)(H,23,24). The van der Waals surface area contributed by atoms with Gasteiger partial charge in [0, 0.05) is 38.7 Å². The monoisotopic (exact) mass is 397 g/mol. The lowest BCUT2D eigenvalue weighted by Crippen LogP contribution is -2.46. The number of benzene rings is 1. The van der Waals surface area contributed by atoms with Crippen molar-refractivity contribution in [3.8, 4) is 0 Å². The molecule has 0 bridgehead atoms. The topological polar surface area (TPSA) is 124 Å². The Morgan fingerprint density at radius 3 is 2.41 bits per heavy atom. The van der Waals surface area contributed by atoms with Crippen molar-refractivity contribution in [2.45, 2.75) is 37.6 Å². The summed E-state index contributed by atoms with van der Waals surface area (Å²) in [5.74, 6) is -1.64. The highest BCUT2D eigenvalue weighted by Gasteiger charge is 2.33. The molecule has 0 radical (unpaired) electrons. The smallest absolute Gasteiger partial charge is 0.321 e. The van der Waals surface area contributed by atoms with E-state index in [0.29, 0.717) is 18.7 Å². The van der Waals surface area contributed by atoms with Crippen LogP contribution in [-0.4, -0.2) is 61.3 Å². The van der Waals surface area contributed by atoms with Crippen molar-refractivity contribution in [3.05, 3.63) is 24.3 Å². The van der Waals surface area contributed by atoms with Crippen LogP contribution in [0, 0.1) is 0 Å². The van der Waals surface area contributed by atoms with E-state index in [9.17, 15) is 27.9 Å². The van der Waals surface area contributed by atoms with Gasteiger partial charge in [0.15, 0.2) is 0 Å². The van der Waals surface area contributed by atoms with E-state index < -0.39 is 22.0 Å². The minimum atomic E-state index is -4.10. The van der Waals surface area contributed by atoms with Gasteiger partial charge in [-0.05, 0) is 37.6 Å². The largest absolute Gasteiger partial charge is 0.480 e. The molecule has 0 aliphatic carbocycles. The van der Waals surface area contributed by atoms with E-state index in [0.717, 1.165) is 10.7 Å². The summed E-state index contributed by atoms with van der Waals surface area (Å²) in [6.45, 7) is 2.96. The number of aliphatic carboxylic acids is 1. The second-order valence-electron chi connectivity index (χ2n) is 6.26. The van der Waals surface area contributed by atoms with Crippen LogP contribution in [0.15, 0.2) is 29.2 Å². The molecule has 2 N–H and O–H groups in total. The fourth-order valence-electron chi connectivity index (χ4n) is 2.84. The Bertz CT molecular complexity index is 822. The number of nitrogens with one attached hydrogen (secondary N) is 1. The fraction of sp³-hybridized carbons (Fsp3) is 0.471. The number of amides is 2. The van der Waals surface area contributed by atoms with Crippen LogP contribution in [0.4, 0.5) is 5.69 Å². The van der Waals surface area contributed by atoms with E-state index in [1.54, 1.807) is 4.90 Å². The number of carbonyl (C=O) groups is 3. The van der Waals surface area contributed by atoms with Crippen LogP contribution in [0.2, 0.25) is 0 Å². The van der Waals surface area contributed by atoms with E-state index in [1.807, 2.05) is 0 Å². The van der Waals surface area contributed by atoms with E-state index >= 15 is 0 Å². The molecular formula is C17H23N3O6S. The number of nitrogens with zero attached hydrogens (tertiary/aromatic N) is 2. The Labute approximate surface area is 158 Å². The zero-order valence-corrected chi connectivity index (χ0v) is 16.0. The Morgan fingerprint density at radius 1 is 1.30 bits per heavy atom. The highest BCUT2D eigenvalue weighted by Crippen LogP contribution is 2.25. The molecule has 148 valence electrons. The maximum atomic E-state index is 12.9. The van der Waals surface area contributed by atoms with E-state index in [2.05, 4.69) is 5.32 Å². The number of rotatable bonds is 8. The average molecular weight is 397 g/mol. The molecule has 2 amide bonds. The van der Waals surface area contributed by atoms with Crippen molar-refractivity contribution in [1.82, 2.24) is 9.62 Å². The van der Waals surface area contributed by atoms with E-state index in [1.165, 1.54) is 38.1 Å². The Hall–Kier alpha value is -2.46. The van der Waals surface area contributed by atoms with E-state index in [-0.39, 0.29) is 29.8 Å². The Kier molecular flexibility index (Phi) is 6.55. The molecule has 1 fully saturated rings. The van der Waals surface area contributed by atoms with Gasteiger partial charge in [0.05, 0.1) is 4.90 Å². The fourth-order valence-corrected chi connectivity index (χ4v) is 4.43. The first kappa shape index (κ1) is 20.8. The van der Waals surface area contributed by atoms with Gasteiger partial charge >= 0.3 is 5.97 Å². The van der Waals surface area contributed by atoms with Gasteiger partial charge in [-0.25, -0.2) is 8.42 Å². The number of sulfonamides is 1. The molecule has 27 heavy (non-hydrogen) atoms. The van der Waals surface area contributed by atoms with Crippen LogP contribution in [0.25, 0.3) is 0 Å². The maximum Gasteiger partial charge on any atom is 0.321 e. The molecular weight excluding hydrogens is 374 g/mol. The molecule has 9 nitrogen and oxygen atoms in total. The molecule has 10 heteroatoms. The number of carboxylic acids is 1. The number of anilines is 1. The molecule has 0 spiro atoms. The van der Waals surface area contributed by atoms with Gasteiger partial charge in [0.25, 0.3) is 0 Å². The van der Waals surface area contributed by atoms with Crippen molar-refractivity contribution in [2.24, 2.45) is 0 Å². The lowest BCUT2D eigenvalue weighted by Gasteiger charge is -2.26. The van der Waals surface area contributed by atoms with Crippen LogP contribution in [0.1, 0.15) is 26.7 Å². The van der Waals surface area contributed by atoms with Gasteiger partial charge in [-0.15, -0.1) is 0 Å². The van der Waals surface area contributed by atoms with Gasteiger partial charge < -0.3 is 15.3 Å². The first-order valence-electron chi connectivity index (χ1n) is 8.54. The Morgan fingerprint density at radius 2 is 1.93 bits per heavy atom. The summed E-state index contributed by atoms with van der Waals surface area (Å²) >= 11 is 0. The van der Waals surface area contributed by atoms with Gasteiger partial charge in [-0.2, -0.15) is 4.31 Å². The highest BCUT2D eigenvalue weighted by molar-refractivity contribution is 7.89. The van der Waals surface area contributed by atoms with Crippen molar-refractivity contribution in [2.75, 3.05) is 24.5 Å². The van der Waals surface area contributed by atoms with Gasteiger partial charge in [-0.3, -0.25) is 14.4 Å². The first-order chi connectivity index (χ1) is 12.6. The summed E-state index contributed by atoms with van der Waals surface area (Å²) < 4.78 is 26.7. The molecule has 1 aliphatic rings. The van der Waals surface area contributed by atoms with E-state index in [4.69, 9.17) is 0 Å². The number of hydrogen-bond donors (Lipinski definition) is 2. The third kappa shape index (κ3) is 4.83. The normalized spacial score (nSPS) is 15.8. The van der Waals surface area contributed by atoms with Gasteiger partial charge in [0.1, 0.15) is 6.04 Å². The van der Waals surface area contributed by atoms with Crippen LogP contribution in [0.5, 0.6) is 0 Å². The summed E-state index contributed by atoms with van der Waals surface area (Å²) in [4.78, 5) is 35.7. The third-order valence-electron chi connectivity index (χ3n) is 4.32. The summed E-state index contributed by atoms with van der Waals surface area (Å²) in [5.41, 5.74) is 0.604. The molecule has 0 saturated carbocycles. The molecule has 1 atom stereocenters. The molecule has 1 saturated heterocycles. The van der Waals surface area contributed by atoms with Crippen LogP contribution >= 0.6 is 0 Å². The summed E-state index contributed by atoms with van der Waals surface area (Å²) in [5, 5.41) is 11.7. The molecule has 1 aromatic carbocycles. The van der Waals surface area contributed by atoms with Crippen LogP contribution in [-0.2, 0) is 24.4 Å². The van der Waals surface area contributed by atoms with Crippen molar-refractivity contribution < 1.29 is 27.9 Å². The SMILES string of the molecule is CC(=O)NCCN(C(C)C(=O)O)S(=O)(=O)c1ccc(N2CCCC2=O)cc1. The second kappa shape index (κ2) is 8.49. The summed E-state index contributed by atoms with van der Waals surface area (Å²) in [6.07, 6.45) is 1.22. The zero-order chi connectivity index (χ0) is 20.2. The predicted molar refractivity (Wildman–Crippen MR) is 97.7 cm³/mol. The molecule has 0 aromatic heterocycles. The molecule has 2 rings (SSSR count). The molecule has 1 aromatic rings. The van der Waals surface area contributed by atoms with Gasteiger partial charge in [-0.1, -0.05) is 0 Å². The number of hydrogen-bond acceptors (Lipinski definition) is 5. The predicted octanol–water partition coefficient (Wildman–Crippen LogP) is 0.413. The maximum absolute atomic E-state index is 12.9. The Balaban J connectivity index is 2.26. The highest BCUT2D eigenvalue weighted by atomic mass is 32.2. The van der Waals surface area contributed by atoms with Gasteiger partial charge in [0.2, 0.25) is 21.8 Å². The average Bonchev–Trinajstić information content (AvgIpc) is 3.03. The zero-order valence-electron chi connectivity index (χ0n) is 15.2. The third-order valence-corrected chi connectivity index (χ3v) is 6.31. The minimum absolute atomic E-state index is 0.00739. The lowest BCUT2D eigenvalue weighted by atomic mass is 10.3. The lowest BCUT2D eigenvalue weighted by molar-refractivity contribution is -0.140. The molecule has 1 aliphatic heterocycles. The van der Waals surface area contributed by atoms with Crippen LogP contribution < -0.4 is 10.2 Å². The number of carboxylic acid groups (broad SMARTS) is 1. The molecule has 1 heterocycles. The van der Waals surface area contributed by atoms with Crippen molar-refractivity contribution in [1.29, 1.82) is 0 Å². The summed E-state index contributed by atoms with van der Waals surface area (Å²) in [6, 6.07) is 4.48. The van der Waals surface area contributed by atoms with Crippen LogP contribution in [0.3, 0.4) is 0 Å². The van der Waals surface area contributed by atoms with Crippen molar-refractivity contribution >= 4 is 33.5 Å². The second-order valence-corrected chi connectivity index (χ2v) is 8.15. The quantitative estimate of drug-likeness (QED) is 0.655. The van der Waals surface area contributed by atoms with Crippen molar-refractivity contribution in [3.63, 3.8) is 0 Å². The first-order valence-corrected chi connectivity index (χ1v) is 9.98.